The Morgan fingerprint density at radius 3 is 2.07 bits per heavy atom. The van der Waals surface area contributed by atoms with Crippen LogP contribution in [0.3, 0.4) is 0 Å². The normalized spacial score (nSPS) is 24.7. The summed E-state index contributed by atoms with van der Waals surface area (Å²) < 4.78 is 54.7. The Bertz CT molecular complexity index is 844. The van der Waals surface area contributed by atoms with E-state index in [4.69, 9.17) is 0 Å². The molecule has 0 amide bonds. The molecule has 2 aliphatic rings. The third-order valence-electron chi connectivity index (χ3n) is 5.97. The second-order valence-electron chi connectivity index (χ2n) is 7.43. The summed E-state index contributed by atoms with van der Waals surface area (Å²) in [4.78, 5) is 0.326. The quantitative estimate of drug-likeness (QED) is 0.717. The number of piperidine rings is 1. The van der Waals surface area contributed by atoms with Crippen molar-refractivity contribution in [1.29, 1.82) is 0 Å². The molecule has 1 aliphatic carbocycles. The van der Waals surface area contributed by atoms with Crippen molar-refractivity contribution in [3.8, 4) is 0 Å². The molecule has 8 heteroatoms. The van der Waals surface area contributed by atoms with Gasteiger partial charge < -0.3 is 0 Å². The fourth-order valence-corrected chi connectivity index (χ4v) is 7.72. The number of hydrogen-bond donors (Lipinski definition) is 0. The maximum Gasteiger partial charge on any atom is 0.243 e. The first-order chi connectivity index (χ1) is 12.8. The highest BCUT2D eigenvalue weighted by molar-refractivity contribution is 7.89. The molecule has 6 nitrogen and oxygen atoms in total. The van der Waals surface area contributed by atoms with Gasteiger partial charge in [-0.2, -0.15) is 8.61 Å². The van der Waals surface area contributed by atoms with Gasteiger partial charge in [0.1, 0.15) is 0 Å². The molecule has 0 spiro atoms. The van der Waals surface area contributed by atoms with Gasteiger partial charge in [0, 0.05) is 25.7 Å². The molecule has 1 aromatic carbocycles. The molecule has 0 radical (unpaired) electrons. The van der Waals surface area contributed by atoms with Gasteiger partial charge in [-0.1, -0.05) is 26.7 Å². The lowest BCUT2D eigenvalue weighted by atomic mass is 9.79. The number of rotatable bonds is 6. The predicted molar refractivity (Wildman–Crippen MR) is 105 cm³/mol. The van der Waals surface area contributed by atoms with E-state index >= 15 is 0 Å². The van der Waals surface area contributed by atoms with E-state index in [1.165, 1.54) is 35.0 Å². The van der Waals surface area contributed by atoms with Gasteiger partial charge in [0.15, 0.2) is 0 Å². The Balaban J connectivity index is 1.87. The average Bonchev–Trinajstić information content (AvgIpc) is 2.68. The van der Waals surface area contributed by atoms with Gasteiger partial charge in [-0.3, -0.25) is 0 Å². The lowest BCUT2D eigenvalue weighted by Gasteiger charge is -2.43. The van der Waals surface area contributed by atoms with Crippen LogP contribution in [0, 0.1) is 5.92 Å². The molecule has 1 saturated carbocycles. The highest BCUT2D eigenvalue weighted by Gasteiger charge is 2.40. The third-order valence-corrected chi connectivity index (χ3v) is 9.97. The first-order valence-electron chi connectivity index (χ1n) is 9.94. The number of fused-ring (bicyclic) bond motifs is 1. The van der Waals surface area contributed by atoms with Crippen LogP contribution in [0.1, 0.15) is 52.4 Å². The molecule has 0 bridgehead atoms. The summed E-state index contributed by atoms with van der Waals surface area (Å²) in [5, 5.41) is 0. The van der Waals surface area contributed by atoms with E-state index in [-0.39, 0.29) is 15.8 Å². The van der Waals surface area contributed by atoms with Crippen LogP contribution < -0.4 is 0 Å². The van der Waals surface area contributed by atoms with Crippen LogP contribution in [-0.2, 0) is 20.0 Å². The molecular weight excluding hydrogens is 384 g/mol. The van der Waals surface area contributed by atoms with Crippen LogP contribution in [0.4, 0.5) is 0 Å². The minimum absolute atomic E-state index is 0.0941. The molecule has 2 atom stereocenters. The largest absolute Gasteiger partial charge is 0.243 e. The molecule has 3 rings (SSSR count). The zero-order chi connectivity index (χ0) is 19.7. The van der Waals surface area contributed by atoms with Crippen LogP contribution in [0.5, 0.6) is 0 Å². The van der Waals surface area contributed by atoms with E-state index in [9.17, 15) is 16.8 Å². The molecule has 2 fully saturated rings. The molecule has 0 unspecified atom stereocenters. The van der Waals surface area contributed by atoms with Crippen LogP contribution in [0.15, 0.2) is 34.1 Å². The van der Waals surface area contributed by atoms with Crippen LogP contribution in [0.25, 0.3) is 0 Å². The fraction of sp³-hybridized carbons (Fsp3) is 0.684. The number of benzene rings is 1. The SMILES string of the molecule is CCN(CC)S(=O)(=O)c1ccc(S(=O)(=O)N2CCC[C@@H]3CCCC[C@@H]32)cc1. The highest BCUT2D eigenvalue weighted by atomic mass is 32.2. The van der Waals surface area contributed by atoms with Crippen molar-refractivity contribution in [3.63, 3.8) is 0 Å². The molecule has 1 aliphatic heterocycles. The summed E-state index contributed by atoms with van der Waals surface area (Å²) in [5.41, 5.74) is 0. The minimum atomic E-state index is -3.60. The monoisotopic (exact) mass is 414 g/mol. The van der Waals surface area contributed by atoms with E-state index in [0.29, 0.717) is 25.6 Å². The maximum atomic E-state index is 13.2. The Hall–Kier alpha value is -0.960. The van der Waals surface area contributed by atoms with E-state index in [2.05, 4.69) is 0 Å². The Morgan fingerprint density at radius 1 is 0.889 bits per heavy atom. The van der Waals surface area contributed by atoms with Crippen molar-refractivity contribution in [2.75, 3.05) is 19.6 Å². The van der Waals surface area contributed by atoms with Gasteiger partial charge in [0.2, 0.25) is 20.0 Å². The van der Waals surface area contributed by atoms with Gasteiger partial charge in [0.25, 0.3) is 0 Å². The second kappa shape index (κ2) is 8.19. The number of nitrogens with zero attached hydrogens (tertiary/aromatic N) is 2. The molecule has 0 aromatic heterocycles. The summed E-state index contributed by atoms with van der Waals surface area (Å²) >= 11 is 0. The molecule has 1 aromatic rings. The first-order valence-corrected chi connectivity index (χ1v) is 12.8. The Morgan fingerprint density at radius 2 is 1.44 bits per heavy atom. The summed E-state index contributed by atoms with van der Waals surface area (Å²) in [6.07, 6.45) is 6.31. The Kier molecular flexibility index (Phi) is 6.30. The van der Waals surface area contributed by atoms with Gasteiger partial charge in [0.05, 0.1) is 9.79 Å². The number of hydrogen-bond acceptors (Lipinski definition) is 4. The van der Waals surface area contributed by atoms with Crippen molar-refractivity contribution in [3.05, 3.63) is 24.3 Å². The van der Waals surface area contributed by atoms with Crippen LogP contribution in [-0.4, -0.2) is 51.1 Å². The van der Waals surface area contributed by atoms with Crippen LogP contribution in [0.2, 0.25) is 0 Å². The van der Waals surface area contributed by atoms with E-state index in [1.807, 2.05) is 0 Å². The average molecular weight is 415 g/mol. The van der Waals surface area contributed by atoms with E-state index < -0.39 is 20.0 Å². The lowest BCUT2D eigenvalue weighted by molar-refractivity contribution is 0.129. The van der Waals surface area contributed by atoms with Crippen molar-refractivity contribution < 1.29 is 16.8 Å². The first kappa shape index (κ1) is 20.8. The highest BCUT2D eigenvalue weighted by Crippen LogP contribution is 2.38. The van der Waals surface area contributed by atoms with Gasteiger partial charge >= 0.3 is 0 Å². The van der Waals surface area contributed by atoms with Crippen LogP contribution >= 0.6 is 0 Å². The lowest BCUT2D eigenvalue weighted by Crippen LogP contribution is -2.49. The molecule has 27 heavy (non-hydrogen) atoms. The fourth-order valence-electron chi connectivity index (χ4n) is 4.51. The minimum Gasteiger partial charge on any atom is -0.207 e. The summed E-state index contributed by atoms with van der Waals surface area (Å²) in [5.74, 6) is 0.463. The van der Waals surface area contributed by atoms with E-state index in [0.717, 1.165) is 32.1 Å². The van der Waals surface area contributed by atoms with Crippen molar-refractivity contribution in [2.45, 2.75) is 68.2 Å². The standard InChI is InChI=1S/C19H30N2O4S2/c1-3-20(4-2)26(22,23)17-11-13-18(14-12-17)27(24,25)21-15-7-9-16-8-5-6-10-19(16)21/h11-14,16,19H,3-10,15H2,1-2H3/t16-,19-/m0/s1. The molecule has 0 N–H and O–H groups in total. The van der Waals surface area contributed by atoms with Crippen molar-refractivity contribution >= 4 is 20.0 Å². The smallest absolute Gasteiger partial charge is 0.207 e. The van der Waals surface area contributed by atoms with Gasteiger partial charge in [-0.15, -0.1) is 0 Å². The Labute approximate surface area is 163 Å². The summed E-state index contributed by atoms with van der Waals surface area (Å²) in [6.45, 7) is 4.90. The third kappa shape index (κ3) is 3.95. The van der Waals surface area contributed by atoms with Crippen molar-refractivity contribution in [1.82, 2.24) is 8.61 Å². The summed E-state index contributed by atoms with van der Waals surface area (Å²) in [6, 6.07) is 5.82. The zero-order valence-electron chi connectivity index (χ0n) is 16.2. The maximum absolute atomic E-state index is 13.2. The zero-order valence-corrected chi connectivity index (χ0v) is 17.8. The number of sulfonamides is 2. The molecule has 152 valence electrons. The summed E-state index contributed by atoms with van der Waals surface area (Å²) in [7, 11) is -7.18. The van der Waals surface area contributed by atoms with Crippen molar-refractivity contribution in [2.24, 2.45) is 5.92 Å². The molecule has 1 heterocycles. The molecule has 1 saturated heterocycles. The second-order valence-corrected chi connectivity index (χ2v) is 11.3. The van der Waals surface area contributed by atoms with Gasteiger partial charge in [-0.25, -0.2) is 16.8 Å². The topological polar surface area (TPSA) is 74.8 Å². The molecular formula is C19H30N2O4S2. The van der Waals surface area contributed by atoms with Gasteiger partial charge in [-0.05, 0) is 55.9 Å². The predicted octanol–water partition coefficient (Wildman–Crippen LogP) is 3.06. The van der Waals surface area contributed by atoms with E-state index in [1.54, 1.807) is 18.2 Å².